The Morgan fingerprint density at radius 2 is 1.95 bits per heavy atom. The molecule has 6 heteroatoms. The highest BCUT2D eigenvalue weighted by molar-refractivity contribution is 5.59. The number of halogens is 2. The molecule has 0 aliphatic heterocycles. The van der Waals surface area contributed by atoms with Crippen molar-refractivity contribution in [2.45, 2.75) is 26.9 Å². The minimum Gasteiger partial charge on any atom is -0.326 e. The van der Waals surface area contributed by atoms with Crippen LogP contribution in [0.4, 0.5) is 8.78 Å². The standard InChI is InChI=1S/C15H17F2N3O/c1-9(2)8-20-15(21)11(7-18)6-14(19-20)10-3-4-12(16)13(17)5-10/h3-6,9H,7-8,18H2,1-2H3. The maximum absolute atomic E-state index is 13.3. The average molecular weight is 293 g/mol. The summed E-state index contributed by atoms with van der Waals surface area (Å²) in [6.07, 6.45) is 0. The molecule has 0 aliphatic rings. The third-order valence-corrected chi connectivity index (χ3v) is 3.02. The normalized spacial score (nSPS) is 11.1. The second-order valence-corrected chi connectivity index (χ2v) is 5.27. The molecule has 2 aromatic rings. The molecular weight excluding hydrogens is 276 g/mol. The third-order valence-electron chi connectivity index (χ3n) is 3.02. The fraction of sp³-hybridized carbons (Fsp3) is 0.333. The maximum Gasteiger partial charge on any atom is 0.271 e. The van der Waals surface area contributed by atoms with Crippen molar-refractivity contribution in [2.24, 2.45) is 11.7 Å². The van der Waals surface area contributed by atoms with Crippen molar-refractivity contribution in [1.29, 1.82) is 0 Å². The second-order valence-electron chi connectivity index (χ2n) is 5.27. The molecule has 0 fully saturated rings. The van der Waals surface area contributed by atoms with Crippen LogP contribution < -0.4 is 11.3 Å². The minimum absolute atomic E-state index is 0.0656. The molecule has 0 bridgehead atoms. The zero-order valence-electron chi connectivity index (χ0n) is 11.9. The van der Waals surface area contributed by atoms with Gasteiger partial charge in [-0.25, -0.2) is 13.5 Å². The molecule has 0 atom stereocenters. The Hall–Kier alpha value is -2.08. The Bertz CT molecular complexity index is 711. The van der Waals surface area contributed by atoms with E-state index in [1.54, 1.807) is 0 Å². The summed E-state index contributed by atoms with van der Waals surface area (Å²) >= 11 is 0. The van der Waals surface area contributed by atoms with Gasteiger partial charge in [0.15, 0.2) is 11.6 Å². The van der Waals surface area contributed by atoms with E-state index in [0.29, 0.717) is 23.4 Å². The van der Waals surface area contributed by atoms with Gasteiger partial charge >= 0.3 is 0 Å². The summed E-state index contributed by atoms with van der Waals surface area (Å²) in [5, 5.41) is 4.22. The van der Waals surface area contributed by atoms with Crippen LogP contribution in [0.2, 0.25) is 0 Å². The first-order chi connectivity index (χ1) is 9.92. The summed E-state index contributed by atoms with van der Waals surface area (Å²) in [5.41, 5.74) is 6.52. The monoisotopic (exact) mass is 293 g/mol. The quantitative estimate of drug-likeness (QED) is 0.941. The molecule has 0 radical (unpaired) electrons. The summed E-state index contributed by atoms with van der Waals surface area (Å²) in [4.78, 5) is 12.1. The Labute approximate surface area is 121 Å². The summed E-state index contributed by atoms with van der Waals surface area (Å²) in [6.45, 7) is 4.42. The van der Waals surface area contributed by atoms with Crippen LogP contribution in [0, 0.1) is 17.6 Å². The van der Waals surface area contributed by atoms with Crippen LogP contribution in [0.5, 0.6) is 0 Å². The molecule has 0 spiro atoms. The summed E-state index contributed by atoms with van der Waals surface area (Å²) < 4.78 is 27.7. The lowest BCUT2D eigenvalue weighted by Gasteiger charge is -2.12. The number of benzene rings is 1. The van der Waals surface area contributed by atoms with E-state index < -0.39 is 11.6 Å². The Kier molecular flexibility index (Phi) is 4.47. The van der Waals surface area contributed by atoms with Crippen LogP contribution in [-0.2, 0) is 13.1 Å². The molecule has 1 heterocycles. The van der Waals surface area contributed by atoms with Crippen molar-refractivity contribution in [3.05, 3.63) is 51.8 Å². The topological polar surface area (TPSA) is 60.9 Å². The molecule has 0 aliphatic carbocycles. The SMILES string of the molecule is CC(C)Cn1nc(-c2ccc(F)c(F)c2)cc(CN)c1=O. The highest BCUT2D eigenvalue weighted by Gasteiger charge is 2.12. The van der Waals surface area contributed by atoms with E-state index in [9.17, 15) is 13.6 Å². The Balaban J connectivity index is 2.57. The van der Waals surface area contributed by atoms with Gasteiger partial charge in [0.05, 0.1) is 5.69 Å². The van der Waals surface area contributed by atoms with Crippen LogP contribution in [0.25, 0.3) is 11.3 Å². The van der Waals surface area contributed by atoms with Gasteiger partial charge in [-0.1, -0.05) is 13.8 Å². The fourth-order valence-electron chi connectivity index (χ4n) is 2.01. The van der Waals surface area contributed by atoms with Crippen molar-refractivity contribution in [3.8, 4) is 11.3 Å². The second kappa shape index (κ2) is 6.13. The summed E-state index contributed by atoms with van der Waals surface area (Å²) in [7, 11) is 0. The number of nitrogens with two attached hydrogens (primary N) is 1. The molecule has 4 nitrogen and oxygen atoms in total. The van der Waals surface area contributed by atoms with E-state index in [4.69, 9.17) is 5.73 Å². The van der Waals surface area contributed by atoms with E-state index >= 15 is 0 Å². The highest BCUT2D eigenvalue weighted by atomic mass is 19.2. The molecule has 2 rings (SSSR count). The van der Waals surface area contributed by atoms with Crippen LogP contribution in [0.1, 0.15) is 19.4 Å². The molecule has 1 aromatic carbocycles. The number of aromatic nitrogens is 2. The Morgan fingerprint density at radius 3 is 2.52 bits per heavy atom. The molecule has 21 heavy (non-hydrogen) atoms. The molecule has 0 unspecified atom stereocenters. The van der Waals surface area contributed by atoms with Crippen molar-refractivity contribution in [2.75, 3.05) is 0 Å². The predicted octanol–water partition coefficient (Wildman–Crippen LogP) is 2.30. The van der Waals surface area contributed by atoms with Crippen LogP contribution in [-0.4, -0.2) is 9.78 Å². The fourth-order valence-corrected chi connectivity index (χ4v) is 2.01. The van der Waals surface area contributed by atoms with Gasteiger partial charge in [-0.05, 0) is 30.2 Å². The minimum atomic E-state index is -0.954. The number of nitrogens with zero attached hydrogens (tertiary/aromatic N) is 2. The number of rotatable bonds is 4. The van der Waals surface area contributed by atoms with Gasteiger partial charge in [-0.15, -0.1) is 0 Å². The molecule has 0 saturated heterocycles. The van der Waals surface area contributed by atoms with Crippen LogP contribution >= 0.6 is 0 Å². The zero-order valence-corrected chi connectivity index (χ0v) is 11.9. The van der Waals surface area contributed by atoms with E-state index in [0.717, 1.165) is 12.1 Å². The van der Waals surface area contributed by atoms with E-state index in [2.05, 4.69) is 5.10 Å². The zero-order chi connectivity index (χ0) is 15.6. The molecular formula is C15H17F2N3O. The predicted molar refractivity (Wildman–Crippen MR) is 76.6 cm³/mol. The van der Waals surface area contributed by atoms with Crippen LogP contribution in [0.3, 0.4) is 0 Å². The summed E-state index contributed by atoms with van der Waals surface area (Å²) in [6, 6.07) is 5.03. The van der Waals surface area contributed by atoms with Crippen LogP contribution in [0.15, 0.2) is 29.1 Å². The smallest absolute Gasteiger partial charge is 0.271 e. The number of hydrogen-bond acceptors (Lipinski definition) is 3. The molecule has 112 valence electrons. The first-order valence-corrected chi connectivity index (χ1v) is 6.69. The van der Waals surface area contributed by atoms with Gasteiger partial charge in [0.1, 0.15) is 0 Å². The average Bonchev–Trinajstić information content (AvgIpc) is 2.43. The van der Waals surface area contributed by atoms with Gasteiger partial charge in [0.2, 0.25) is 0 Å². The Morgan fingerprint density at radius 1 is 1.24 bits per heavy atom. The first kappa shape index (κ1) is 15.3. The van der Waals surface area contributed by atoms with E-state index in [-0.39, 0.29) is 18.0 Å². The highest BCUT2D eigenvalue weighted by Crippen LogP contribution is 2.19. The molecule has 1 aromatic heterocycles. The molecule has 0 amide bonds. The maximum atomic E-state index is 13.3. The van der Waals surface area contributed by atoms with Crippen molar-refractivity contribution >= 4 is 0 Å². The lowest BCUT2D eigenvalue weighted by atomic mass is 10.1. The lowest BCUT2D eigenvalue weighted by Crippen LogP contribution is -2.29. The van der Waals surface area contributed by atoms with Crippen molar-refractivity contribution < 1.29 is 8.78 Å². The third kappa shape index (κ3) is 3.33. The largest absolute Gasteiger partial charge is 0.326 e. The lowest BCUT2D eigenvalue weighted by molar-refractivity contribution is 0.462. The van der Waals surface area contributed by atoms with E-state index in [1.165, 1.54) is 16.8 Å². The molecule has 2 N–H and O–H groups in total. The first-order valence-electron chi connectivity index (χ1n) is 6.69. The molecule has 0 saturated carbocycles. The van der Waals surface area contributed by atoms with Gasteiger partial charge < -0.3 is 5.73 Å². The number of hydrogen-bond donors (Lipinski definition) is 1. The van der Waals surface area contributed by atoms with Crippen molar-refractivity contribution in [3.63, 3.8) is 0 Å². The van der Waals surface area contributed by atoms with Gasteiger partial charge in [0, 0.05) is 24.2 Å². The van der Waals surface area contributed by atoms with Gasteiger partial charge in [0.25, 0.3) is 5.56 Å². The van der Waals surface area contributed by atoms with Gasteiger partial charge in [-0.2, -0.15) is 5.10 Å². The van der Waals surface area contributed by atoms with E-state index in [1.807, 2.05) is 13.8 Å². The van der Waals surface area contributed by atoms with Crippen molar-refractivity contribution in [1.82, 2.24) is 9.78 Å². The van der Waals surface area contributed by atoms with Gasteiger partial charge in [-0.3, -0.25) is 4.79 Å². The summed E-state index contributed by atoms with van der Waals surface area (Å²) in [5.74, 6) is -1.65.